The number of hydrogen-bond donors (Lipinski definition) is 1. The molecular formula is C15H17N5. The van der Waals surface area contributed by atoms with Crippen LogP contribution in [0, 0.1) is 13.8 Å². The maximum atomic E-state index is 4.66. The van der Waals surface area contributed by atoms with Crippen molar-refractivity contribution >= 4 is 17.0 Å². The van der Waals surface area contributed by atoms with Crippen LogP contribution in [0.4, 0.5) is 5.95 Å². The Kier molecular flexibility index (Phi) is 3.10. The second-order valence-corrected chi connectivity index (χ2v) is 4.95. The average molecular weight is 267 g/mol. The Morgan fingerprint density at radius 1 is 1.15 bits per heavy atom. The van der Waals surface area contributed by atoms with E-state index in [1.807, 2.05) is 20.0 Å². The molecule has 1 N–H and O–H groups in total. The monoisotopic (exact) mass is 267 g/mol. The molecule has 0 radical (unpaired) electrons. The third kappa shape index (κ3) is 2.34. The number of aromatic nitrogens is 4. The van der Waals surface area contributed by atoms with E-state index in [-0.39, 0.29) is 0 Å². The number of nitrogens with one attached hydrogen (secondary N) is 1. The van der Waals surface area contributed by atoms with Crippen LogP contribution >= 0.6 is 0 Å². The van der Waals surface area contributed by atoms with Crippen molar-refractivity contribution < 1.29 is 0 Å². The van der Waals surface area contributed by atoms with Crippen LogP contribution in [0.5, 0.6) is 0 Å². The van der Waals surface area contributed by atoms with Crippen LogP contribution < -0.4 is 5.32 Å². The minimum absolute atomic E-state index is 0.605. The van der Waals surface area contributed by atoms with E-state index in [1.165, 1.54) is 5.56 Å². The van der Waals surface area contributed by atoms with Gasteiger partial charge < -0.3 is 9.88 Å². The first-order valence-electron chi connectivity index (χ1n) is 6.59. The zero-order chi connectivity index (χ0) is 14.1. The molecule has 0 spiro atoms. The van der Waals surface area contributed by atoms with E-state index in [1.54, 1.807) is 6.20 Å². The third-order valence-electron chi connectivity index (χ3n) is 3.33. The van der Waals surface area contributed by atoms with Crippen molar-refractivity contribution in [1.29, 1.82) is 0 Å². The van der Waals surface area contributed by atoms with E-state index < -0.39 is 0 Å². The van der Waals surface area contributed by atoms with Gasteiger partial charge in [-0.25, -0.2) is 15.0 Å². The second kappa shape index (κ2) is 4.92. The molecule has 0 fully saturated rings. The summed E-state index contributed by atoms with van der Waals surface area (Å²) in [6, 6.07) is 8.18. The Balaban J connectivity index is 1.86. The number of benzene rings is 1. The van der Waals surface area contributed by atoms with E-state index in [2.05, 4.69) is 50.0 Å². The fourth-order valence-corrected chi connectivity index (χ4v) is 2.21. The van der Waals surface area contributed by atoms with E-state index in [0.717, 1.165) is 22.6 Å². The summed E-state index contributed by atoms with van der Waals surface area (Å²) in [6.45, 7) is 4.63. The Morgan fingerprint density at radius 2 is 2.00 bits per heavy atom. The smallest absolute Gasteiger partial charge is 0.223 e. The molecule has 102 valence electrons. The van der Waals surface area contributed by atoms with Crippen molar-refractivity contribution in [3.63, 3.8) is 0 Å². The number of hydrogen-bond acceptors (Lipinski definition) is 4. The number of imidazole rings is 1. The lowest BCUT2D eigenvalue weighted by molar-refractivity contribution is 0.827. The molecule has 0 saturated heterocycles. The number of nitrogens with zero attached hydrogens (tertiary/aromatic N) is 4. The van der Waals surface area contributed by atoms with Gasteiger partial charge in [0.1, 0.15) is 5.82 Å². The van der Waals surface area contributed by atoms with Crippen molar-refractivity contribution in [2.75, 3.05) is 5.32 Å². The maximum Gasteiger partial charge on any atom is 0.223 e. The van der Waals surface area contributed by atoms with Gasteiger partial charge in [-0.3, -0.25) is 0 Å². The molecule has 2 aromatic heterocycles. The highest BCUT2D eigenvalue weighted by Gasteiger charge is 2.08. The van der Waals surface area contributed by atoms with Crippen LogP contribution in [-0.2, 0) is 13.6 Å². The Labute approximate surface area is 117 Å². The molecule has 0 aliphatic rings. The summed E-state index contributed by atoms with van der Waals surface area (Å²) in [5, 5.41) is 3.21. The van der Waals surface area contributed by atoms with Crippen LogP contribution in [0.3, 0.4) is 0 Å². The summed E-state index contributed by atoms with van der Waals surface area (Å²) in [5.74, 6) is 1.60. The van der Waals surface area contributed by atoms with E-state index in [9.17, 15) is 0 Å². The largest absolute Gasteiger partial charge is 0.347 e. The first-order valence-corrected chi connectivity index (χ1v) is 6.59. The summed E-state index contributed by atoms with van der Waals surface area (Å²) in [5.41, 5.74) is 4.33. The Hall–Kier alpha value is -2.43. The number of rotatable bonds is 3. The molecule has 0 saturated carbocycles. The lowest BCUT2D eigenvalue weighted by Crippen LogP contribution is -2.08. The maximum absolute atomic E-state index is 4.66. The van der Waals surface area contributed by atoms with Gasteiger partial charge in [-0.2, -0.15) is 0 Å². The van der Waals surface area contributed by atoms with Crippen LogP contribution in [0.1, 0.15) is 17.1 Å². The van der Waals surface area contributed by atoms with E-state index in [0.29, 0.717) is 12.5 Å². The predicted molar refractivity (Wildman–Crippen MR) is 79.5 cm³/mol. The van der Waals surface area contributed by atoms with Gasteiger partial charge in [0.2, 0.25) is 5.95 Å². The SMILES string of the molecule is Cc1ccc2c(c1)nc(CNc1nccc(C)n1)n2C. The summed E-state index contributed by atoms with van der Waals surface area (Å²) >= 11 is 0. The normalized spacial score (nSPS) is 10.9. The first-order chi connectivity index (χ1) is 9.63. The number of fused-ring (bicyclic) bond motifs is 1. The van der Waals surface area contributed by atoms with Crippen molar-refractivity contribution in [1.82, 2.24) is 19.5 Å². The molecule has 0 aliphatic heterocycles. The lowest BCUT2D eigenvalue weighted by Gasteiger charge is -2.05. The highest BCUT2D eigenvalue weighted by Crippen LogP contribution is 2.17. The minimum Gasteiger partial charge on any atom is -0.347 e. The zero-order valence-corrected chi connectivity index (χ0v) is 11.9. The zero-order valence-electron chi connectivity index (χ0n) is 11.9. The fraction of sp³-hybridized carbons (Fsp3) is 0.267. The van der Waals surface area contributed by atoms with Gasteiger partial charge in [0, 0.05) is 18.9 Å². The highest BCUT2D eigenvalue weighted by atomic mass is 15.1. The highest BCUT2D eigenvalue weighted by molar-refractivity contribution is 5.76. The quantitative estimate of drug-likeness (QED) is 0.792. The van der Waals surface area contributed by atoms with Crippen molar-refractivity contribution in [2.45, 2.75) is 20.4 Å². The summed E-state index contributed by atoms with van der Waals surface area (Å²) in [4.78, 5) is 13.2. The molecule has 5 nitrogen and oxygen atoms in total. The molecule has 5 heteroatoms. The standard InChI is InChI=1S/C15H17N5/c1-10-4-5-13-12(8-10)19-14(20(13)3)9-17-15-16-7-6-11(2)18-15/h4-8H,9H2,1-3H3,(H,16,17,18). The number of aryl methyl sites for hydroxylation is 3. The third-order valence-corrected chi connectivity index (χ3v) is 3.33. The minimum atomic E-state index is 0.605. The molecule has 2 heterocycles. The van der Waals surface area contributed by atoms with Crippen molar-refractivity contribution in [2.24, 2.45) is 7.05 Å². The molecule has 3 aromatic rings. The average Bonchev–Trinajstić information content (AvgIpc) is 2.72. The molecule has 1 aromatic carbocycles. The lowest BCUT2D eigenvalue weighted by atomic mass is 10.2. The van der Waals surface area contributed by atoms with Gasteiger partial charge >= 0.3 is 0 Å². The number of anilines is 1. The van der Waals surface area contributed by atoms with Gasteiger partial charge in [-0.15, -0.1) is 0 Å². The Morgan fingerprint density at radius 3 is 2.80 bits per heavy atom. The van der Waals surface area contributed by atoms with Crippen LogP contribution in [-0.4, -0.2) is 19.5 Å². The molecular weight excluding hydrogens is 250 g/mol. The predicted octanol–water partition coefficient (Wildman–Crippen LogP) is 2.59. The van der Waals surface area contributed by atoms with Gasteiger partial charge in [0.05, 0.1) is 17.6 Å². The van der Waals surface area contributed by atoms with Crippen LogP contribution in [0.15, 0.2) is 30.5 Å². The molecule has 0 amide bonds. The second-order valence-electron chi connectivity index (χ2n) is 4.95. The van der Waals surface area contributed by atoms with Crippen LogP contribution in [0.2, 0.25) is 0 Å². The molecule has 20 heavy (non-hydrogen) atoms. The Bertz CT molecular complexity index is 760. The van der Waals surface area contributed by atoms with Gasteiger partial charge in [-0.05, 0) is 37.6 Å². The first kappa shape index (κ1) is 12.6. The molecule has 0 unspecified atom stereocenters. The van der Waals surface area contributed by atoms with Gasteiger partial charge in [0.15, 0.2) is 0 Å². The van der Waals surface area contributed by atoms with Gasteiger partial charge in [0.25, 0.3) is 0 Å². The summed E-state index contributed by atoms with van der Waals surface area (Å²) in [6.07, 6.45) is 1.75. The van der Waals surface area contributed by atoms with Crippen LogP contribution in [0.25, 0.3) is 11.0 Å². The van der Waals surface area contributed by atoms with Crippen molar-refractivity contribution in [3.05, 3.63) is 47.5 Å². The molecule has 3 rings (SSSR count). The molecule has 0 atom stereocenters. The van der Waals surface area contributed by atoms with E-state index in [4.69, 9.17) is 0 Å². The van der Waals surface area contributed by atoms with Gasteiger partial charge in [-0.1, -0.05) is 6.07 Å². The summed E-state index contributed by atoms with van der Waals surface area (Å²) in [7, 11) is 2.03. The fourth-order valence-electron chi connectivity index (χ4n) is 2.21. The van der Waals surface area contributed by atoms with Crippen molar-refractivity contribution in [3.8, 4) is 0 Å². The van der Waals surface area contributed by atoms with E-state index >= 15 is 0 Å². The molecule has 0 aliphatic carbocycles. The summed E-state index contributed by atoms with van der Waals surface area (Å²) < 4.78 is 2.09. The topological polar surface area (TPSA) is 55.6 Å². The molecule has 0 bridgehead atoms.